The average Bonchev–Trinajstić information content (AvgIpc) is 3.30. The lowest BCUT2D eigenvalue weighted by molar-refractivity contribution is -0.139. The maximum absolute atomic E-state index is 12.0. The third-order valence-electron chi connectivity index (χ3n) is 4.65. The Morgan fingerprint density at radius 2 is 1.76 bits per heavy atom. The number of hydrogen-bond donors (Lipinski definition) is 2. The zero-order valence-electron chi connectivity index (χ0n) is 17.4. The Kier molecular flexibility index (Phi) is 7.06. The Bertz CT molecular complexity index is 1180. The van der Waals surface area contributed by atoms with E-state index in [1.807, 2.05) is 18.2 Å². The molecule has 3 aromatic carbocycles. The van der Waals surface area contributed by atoms with E-state index in [9.17, 15) is 9.59 Å². The molecule has 1 aliphatic rings. The van der Waals surface area contributed by atoms with E-state index in [-0.39, 0.29) is 13.3 Å². The van der Waals surface area contributed by atoms with Gasteiger partial charge in [-0.2, -0.15) is 5.10 Å². The van der Waals surface area contributed by atoms with Gasteiger partial charge < -0.3 is 19.5 Å². The number of amides is 2. The smallest absolute Gasteiger partial charge is 0.329 e. The fourth-order valence-electron chi connectivity index (χ4n) is 2.96. The van der Waals surface area contributed by atoms with Crippen molar-refractivity contribution in [3.63, 3.8) is 0 Å². The summed E-state index contributed by atoms with van der Waals surface area (Å²) in [6.45, 7) is 0.723. The first-order chi connectivity index (χ1) is 16.1. The molecule has 4 rings (SSSR count). The summed E-state index contributed by atoms with van der Waals surface area (Å²) in [7, 11) is 0. The molecule has 0 saturated heterocycles. The van der Waals surface area contributed by atoms with Crippen LogP contribution in [0.2, 0.25) is 5.02 Å². The summed E-state index contributed by atoms with van der Waals surface area (Å²) in [5.41, 5.74) is 4.67. The van der Waals surface area contributed by atoms with Crippen molar-refractivity contribution in [2.75, 3.05) is 6.79 Å². The average molecular weight is 466 g/mol. The monoisotopic (exact) mass is 465 g/mol. The van der Waals surface area contributed by atoms with Crippen LogP contribution in [0.3, 0.4) is 0 Å². The van der Waals surface area contributed by atoms with Crippen LogP contribution in [0, 0.1) is 0 Å². The van der Waals surface area contributed by atoms with Crippen LogP contribution in [0.1, 0.15) is 16.7 Å². The van der Waals surface area contributed by atoms with Crippen LogP contribution in [0.15, 0.2) is 71.8 Å². The van der Waals surface area contributed by atoms with E-state index >= 15 is 0 Å². The van der Waals surface area contributed by atoms with Gasteiger partial charge in [-0.1, -0.05) is 41.9 Å². The molecule has 2 N–H and O–H groups in total. The van der Waals surface area contributed by atoms with Crippen molar-refractivity contribution in [1.82, 2.24) is 10.7 Å². The maximum Gasteiger partial charge on any atom is 0.329 e. The minimum atomic E-state index is -0.873. The molecule has 9 heteroatoms. The molecule has 0 fully saturated rings. The number of nitrogens with one attached hydrogen (secondary N) is 2. The van der Waals surface area contributed by atoms with Crippen LogP contribution in [0.25, 0.3) is 0 Å². The predicted octanol–water partition coefficient (Wildman–Crippen LogP) is 3.41. The molecule has 0 unspecified atom stereocenters. The van der Waals surface area contributed by atoms with Crippen molar-refractivity contribution >= 4 is 29.6 Å². The van der Waals surface area contributed by atoms with Crippen molar-refractivity contribution < 1.29 is 23.8 Å². The van der Waals surface area contributed by atoms with E-state index in [4.69, 9.17) is 25.8 Å². The van der Waals surface area contributed by atoms with Crippen molar-refractivity contribution in [3.05, 3.63) is 88.4 Å². The number of carbonyl (C=O) groups excluding carboxylic acids is 2. The molecule has 2 amide bonds. The summed E-state index contributed by atoms with van der Waals surface area (Å²) in [6, 6.07) is 19.9. The summed E-state index contributed by atoms with van der Waals surface area (Å²) in [4.78, 5) is 24.0. The predicted molar refractivity (Wildman–Crippen MR) is 122 cm³/mol. The van der Waals surface area contributed by atoms with E-state index < -0.39 is 11.8 Å². The van der Waals surface area contributed by atoms with Crippen LogP contribution in [0.5, 0.6) is 17.2 Å². The molecule has 0 saturated carbocycles. The lowest BCUT2D eigenvalue weighted by atomic mass is 10.2. The first-order valence-electron chi connectivity index (χ1n) is 10.0. The summed E-state index contributed by atoms with van der Waals surface area (Å²) < 4.78 is 16.3. The van der Waals surface area contributed by atoms with Gasteiger partial charge in [0.05, 0.1) is 6.21 Å². The molecule has 0 aromatic heterocycles. The van der Waals surface area contributed by atoms with Crippen LogP contribution in [-0.2, 0) is 22.7 Å². The second kappa shape index (κ2) is 10.5. The highest BCUT2D eigenvalue weighted by molar-refractivity contribution is 6.35. The Balaban J connectivity index is 1.24. The molecule has 1 aliphatic heterocycles. The summed E-state index contributed by atoms with van der Waals surface area (Å²) in [5, 5.41) is 7.04. The molecule has 1 heterocycles. The molecule has 0 spiro atoms. The zero-order valence-corrected chi connectivity index (χ0v) is 18.2. The Hall–Kier alpha value is -4.04. The fraction of sp³-hybridized carbons (Fsp3) is 0.125. The summed E-state index contributed by atoms with van der Waals surface area (Å²) >= 11 is 5.88. The number of benzene rings is 3. The summed E-state index contributed by atoms with van der Waals surface area (Å²) in [5.74, 6) is 0.223. The van der Waals surface area contributed by atoms with Gasteiger partial charge in [0.1, 0.15) is 12.4 Å². The SMILES string of the molecule is O=C(NCc1ccc2c(c1)OCO2)C(=O)N/N=C\c1cccc(OCc2ccc(Cl)cc2)c1. The number of nitrogens with zero attached hydrogens (tertiary/aromatic N) is 1. The standard InChI is InChI=1S/C24H20ClN3O5/c25-19-7-4-16(5-8-19)14-31-20-3-1-2-17(10-20)13-27-28-24(30)23(29)26-12-18-6-9-21-22(11-18)33-15-32-21/h1-11,13H,12,14-15H2,(H,26,29)(H,28,30)/b27-13-. The van der Waals surface area contributed by atoms with Crippen LogP contribution < -0.4 is 25.0 Å². The highest BCUT2D eigenvalue weighted by Crippen LogP contribution is 2.32. The minimum absolute atomic E-state index is 0.166. The number of rotatable bonds is 7. The fourth-order valence-corrected chi connectivity index (χ4v) is 3.09. The maximum atomic E-state index is 12.0. The first-order valence-corrected chi connectivity index (χ1v) is 10.4. The largest absolute Gasteiger partial charge is 0.489 e. The molecule has 0 atom stereocenters. The third kappa shape index (κ3) is 6.24. The number of halogens is 1. The van der Waals surface area contributed by atoms with E-state index in [0.717, 1.165) is 11.1 Å². The van der Waals surface area contributed by atoms with Crippen molar-refractivity contribution in [2.45, 2.75) is 13.2 Å². The first kappa shape index (κ1) is 22.2. The molecule has 168 valence electrons. The summed E-state index contributed by atoms with van der Waals surface area (Å²) in [6.07, 6.45) is 1.43. The van der Waals surface area contributed by atoms with Gasteiger partial charge in [-0.25, -0.2) is 5.43 Å². The van der Waals surface area contributed by atoms with E-state index in [2.05, 4.69) is 15.8 Å². The molecular formula is C24H20ClN3O5. The van der Waals surface area contributed by atoms with Gasteiger partial charge in [-0.3, -0.25) is 9.59 Å². The molecule has 0 bridgehead atoms. The second-order valence-electron chi connectivity index (χ2n) is 7.06. The Morgan fingerprint density at radius 1 is 0.970 bits per heavy atom. The van der Waals surface area contributed by atoms with Crippen molar-refractivity contribution in [2.24, 2.45) is 5.10 Å². The number of hydrazone groups is 1. The third-order valence-corrected chi connectivity index (χ3v) is 4.90. The lowest BCUT2D eigenvalue weighted by Gasteiger charge is -2.07. The number of carbonyl (C=O) groups is 2. The van der Waals surface area contributed by atoms with Gasteiger partial charge in [-0.15, -0.1) is 0 Å². The normalized spacial score (nSPS) is 11.9. The molecule has 3 aromatic rings. The van der Waals surface area contributed by atoms with Gasteiger partial charge in [0.25, 0.3) is 0 Å². The number of fused-ring (bicyclic) bond motifs is 1. The van der Waals surface area contributed by atoms with Crippen LogP contribution in [-0.4, -0.2) is 24.8 Å². The highest BCUT2D eigenvalue weighted by atomic mass is 35.5. The minimum Gasteiger partial charge on any atom is -0.489 e. The van der Waals surface area contributed by atoms with Gasteiger partial charge in [-0.05, 0) is 53.1 Å². The van der Waals surface area contributed by atoms with Gasteiger partial charge in [0, 0.05) is 11.6 Å². The second-order valence-corrected chi connectivity index (χ2v) is 7.49. The van der Waals surface area contributed by atoms with Gasteiger partial charge in [0.2, 0.25) is 6.79 Å². The lowest BCUT2D eigenvalue weighted by Crippen LogP contribution is -2.37. The number of hydrogen-bond acceptors (Lipinski definition) is 6. The molecule has 0 radical (unpaired) electrons. The molecule has 8 nitrogen and oxygen atoms in total. The molecular weight excluding hydrogens is 446 g/mol. The molecule has 0 aliphatic carbocycles. The zero-order chi connectivity index (χ0) is 23.0. The van der Waals surface area contributed by atoms with Crippen molar-refractivity contribution in [1.29, 1.82) is 0 Å². The Labute approximate surface area is 195 Å². The molecule has 33 heavy (non-hydrogen) atoms. The number of ether oxygens (including phenoxy) is 3. The Morgan fingerprint density at radius 3 is 2.61 bits per heavy atom. The van der Waals surface area contributed by atoms with Gasteiger partial charge >= 0.3 is 11.8 Å². The highest BCUT2D eigenvalue weighted by Gasteiger charge is 2.15. The van der Waals surface area contributed by atoms with Crippen molar-refractivity contribution in [3.8, 4) is 17.2 Å². The quantitative estimate of drug-likeness (QED) is 0.316. The van der Waals surface area contributed by atoms with E-state index in [1.54, 1.807) is 48.5 Å². The van der Waals surface area contributed by atoms with E-state index in [0.29, 0.717) is 34.4 Å². The van der Waals surface area contributed by atoms with Crippen LogP contribution in [0.4, 0.5) is 0 Å². The van der Waals surface area contributed by atoms with E-state index in [1.165, 1.54) is 6.21 Å². The van der Waals surface area contributed by atoms with Crippen LogP contribution >= 0.6 is 11.6 Å². The topological polar surface area (TPSA) is 98.2 Å². The van der Waals surface area contributed by atoms with Gasteiger partial charge in [0.15, 0.2) is 11.5 Å².